The molecule has 1 aromatic rings. The summed E-state index contributed by atoms with van der Waals surface area (Å²) >= 11 is 0. The third kappa shape index (κ3) is 5.83. The monoisotopic (exact) mass is 330 g/mol. The van der Waals surface area contributed by atoms with E-state index in [1.54, 1.807) is 6.92 Å². The lowest BCUT2D eigenvalue weighted by Crippen LogP contribution is -2.28. The molecule has 1 N–H and O–H groups in total. The zero-order valence-corrected chi connectivity index (χ0v) is 13.4. The molecule has 0 saturated carbocycles. The van der Waals surface area contributed by atoms with Crippen LogP contribution in [0.5, 0.6) is 0 Å². The van der Waals surface area contributed by atoms with Gasteiger partial charge in [-0.25, -0.2) is 16.8 Å². The van der Waals surface area contributed by atoms with Crippen molar-refractivity contribution in [2.24, 2.45) is 0 Å². The van der Waals surface area contributed by atoms with Gasteiger partial charge in [0.1, 0.15) is 0 Å². The van der Waals surface area contributed by atoms with E-state index in [4.69, 9.17) is 5.26 Å². The Morgan fingerprint density at radius 3 is 2.14 bits per heavy atom. The first-order chi connectivity index (χ1) is 9.80. The van der Waals surface area contributed by atoms with Crippen molar-refractivity contribution in [1.29, 1.82) is 5.26 Å². The van der Waals surface area contributed by atoms with Gasteiger partial charge in [0.25, 0.3) is 0 Å². The van der Waals surface area contributed by atoms with Crippen molar-refractivity contribution < 1.29 is 16.8 Å². The summed E-state index contributed by atoms with van der Waals surface area (Å²) in [6.07, 6.45) is 0. The number of nitrogens with zero attached hydrogens (tertiary/aromatic N) is 1. The Labute approximate surface area is 125 Å². The molecule has 0 aromatic heterocycles. The molecule has 6 nitrogen and oxygen atoms in total. The maximum absolute atomic E-state index is 12.0. The fourth-order valence-electron chi connectivity index (χ4n) is 1.56. The fraction of sp³-hybridized carbons (Fsp3) is 0.462. The fourth-order valence-corrected chi connectivity index (χ4v) is 3.50. The van der Waals surface area contributed by atoms with Gasteiger partial charge in [-0.1, -0.05) is 6.92 Å². The summed E-state index contributed by atoms with van der Waals surface area (Å²) in [5.41, 5.74) is 0.400. The first kappa shape index (κ1) is 17.6. The number of hydrogen-bond acceptors (Lipinski definition) is 6. The highest BCUT2D eigenvalue weighted by atomic mass is 32.2. The lowest BCUT2D eigenvalue weighted by molar-refractivity contribution is 0.589. The van der Waals surface area contributed by atoms with Crippen LogP contribution in [0.4, 0.5) is 0 Å². The molecule has 1 rings (SSSR count). The molecule has 8 heteroatoms. The molecule has 0 aliphatic heterocycles. The Balaban J connectivity index is 2.48. The molecule has 0 bridgehead atoms. The van der Waals surface area contributed by atoms with E-state index in [0.29, 0.717) is 5.56 Å². The Kier molecular flexibility index (Phi) is 6.33. The quantitative estimate of drug-likeness (QED) is 0.690. The average Bonchev–Trinajstić information content (AvgIpc) is 2.46. The summed E-state index contributed by atoms with van der Waals surface area (Å²) in [4.78, 5) is 0.157. The molecule has 0 aliphatic rings. The number of sulfone groups is 2. The van der Waals surface area contributed by atoms with Gasteiger partial charge in [0, 0.05) is 18.8 Å². The lowest BCUT2D eigenvalue weighted by atomic mass is 10.2. The molecule has 0 heterocycles. The maximum Gasteiger partial charge on any atom is 0.179 e. The van der Waals surface area contributed by atoms with Gasteiger partial charge in [0.05, 0.1) is 28.0 Å². The van der Waals surface area contributed by atoms with Crippen molar-refractivity contribution in [3.8, 4) is 6.07 Å². The minimum Gasteiger partial charge on any atom is -0.315 e. The number of rotatable bonds is 8. The highest BCUT2D eigenvalue weighted by molar-refractivity contribution is 7.91. The highest BCUT2D eigenvalue weighted by Crippen LogP contribution is 2.11. The Morgan fingerprint density at radius 1 is 1.05 bits per heavy atom. The van der Waals surface area contributed by atoms with E-state index in [2.05, 4.69) is 5.32 Å². The Bertz CT molecular complexity index is 702. The van der Waals surface area contributed by atoms with Gasteiger partial charge in [0.2, 0.25) is 0 Å². The second-order valence-corrected chi connectivity index (χ2v) is 9.02. The van der Waals surface area contributed by atoms with E-state index in [1.165, 1.54) is 24.3 Å². The van der Waals surface area contributed by atoms with Gasteiger partial charge in [-0.3, -0.25) is 0 Å². The second-order valence-electron chi connectivity index (χ2n) is 4.44. The minimum absolute atomic E-state index is 0.000411. The van der Waals surface area contributed by atoms with E-state index < -0.39 is 19.7 Å². The van der Waals surface area contributed by atoms with E-state index >= 15 is 0 Å². The van der Waals surface area contributed by atoms with Gasteiger partial charge in [-0.15, -0.1) is 0 Å². The number of hydrogen-bond donors (Lipinski definition) is 1. The maximum atomic E-state index is 12.0. The number of benzene rings is 1. The topological polar surface area (TPSA) is 104 Å². The average molecular weight is 330 g/mol. The molecule has 0 fully saturated rings. The SMILES string of the molecule is CCS(=O)(=O)CCNCCS(=O)(=O)c1ccc(C#N)cc1. The summed E-state index contributed by atoms with van der Waals surface area (Å²) < 4.78 is 46.5. The summed E-state index contributed by atoms with van der Waals surface area (Å²) in [7, 11) is -6.47. The molecular formula is C13H18N2O4S2. The van der Waals surface area contributed by atoms with Crippen molar-refractivity contribution in [3.05, 3.63) is 29.8 Å². The second kappa shape index (κ2) is 7.54. The van der Waals surface area contributed by atoms with Crippen LogP contribution >= 0.6 is 0 Å². The van der Waals surface area contributed by atoms with Crippen LogP contribution in [0.15, 0.2) is 29.2 Å². The van der Waals surface area contributed by atoms with E-state index in [9.17, 15) is 16.8 Å². The van der Waals surface area contributed by atoms with E-state index in [0.717, 1.165) is 0 Å². The zero-order chi connectivity index (χ0) is 15.9. The van der Waals surface area contributed by atoms with Gasteiger partial charge >= 0.3 is 0 Å². The van der Waals surface area contributed by atoms with Crippen LogP contribution in [-0.2, 0) is 19.7 Å². The summed E-state index contributed by atoms with van der Waals surface area (Å²) in [5, 5.41) is 11.5. The smallest absolute Gasteiger partial charge is 0.179 e. The molecule has 0 unspecified atom stereocenters. The third-order valence-electron chi connectivity index (χ3n) is 2.92. The molecule has 21 heavy (non-hydrogen) atoms. The normalized spacial score (nSPS) is 12.0. The van der Waals surface area contributed by atoms with Crippen molar-refractivity contribution in [2.45, 2.75) is 11.8 Å². The molecule has 116 valence electrons. The first-order valence-electron chi connectivity index (χ1n) is 6.45. The van der Waals surface area contributed by atoms with Crippen LogP contribution in [0.3, 0.4) is 0 Å². The summed E-state index contributed by atoms with van der Waals surface area (Å²) in [6, 6.07) is 7.62. The van der Waals surface area contributed by atoms with Gasteiger partial charge < -0.3 is 5.32 Å². The summed E-state index contributed by atoms with van der Waals surface area (Å²) in [6.45, 7) is 1.99. The zero-order valence-electron chi connectivity index (χ0n) is 11.7. The van der Waals surface area contributed by atoms with E-state index in [-0.39, 0.29) is 35.2 Å². The molecule has 0 aliphatic carbocycles. The predicted molar refractivity (Wildman–Crippen MR) is 80.4 cm³/mol. The Hall–Kier alpha value is -1.43. The molecular weight excluding hydrogens is 312 g/mol. The van der Waals surface area contributed by atoms with Crippen molar-refractivity contribution in [1.82, 2.24) is 5.32 Å². The largest absolute Gasteiger partial charge is 0.315 e. The number of nitriles is 1. The van der Waals surface area contributed by atoms with E-state index in [1.807, 2.05) is 6.07 Å². The first-order valence-corrected chi connectivity index (χ1v) is 9.92. The van der Waals surface area contributed by atoms with Crippen LogP contribution in [0, 0.1) is 11.3 Å². The number of nitrogens with one attached hydrogen (secondary N) is 1. The molecule has 0 amide bonds. The minimum atomic E-state index is -3.43. The lowest BCUT2D eigenvalue weighted by Gasteiger charge is -2.06. The third-order valence-corrected chi connectivity index (χ3v) is 6.36. The predicted octanol–water partition coefficient (Wildman–Crippen LogP) is 0.356. The molecule has 0 radical (unpaired) electrons. The van der Waals surface area contributed by atoms with Crippen LogP contribution in [0.2, 0.25) is 0 Å². The van der Waals surface area contributed by atoms with Gasteiger partial charge in [-0.2, -0.15) is 5.26 Å². The van der Waals surface area contributed by atoms with Gasteiger partial charge in [-0.05, 0) is 24.3 Å². The van der Waals surface area contributed by atoms with Crippen LogP contribution in [0.1, 0.15) is 12.5 Å². The molecule has 1 aromatic carbocycles. The molecule has 0 spiro atoms. The molecule has 0 saturated heterocycles. The van der Waals surface area contributed by atoms with Crippen molar-refractivity contribution in [3.63, 3.8) is 0 Å². The van der Waals surface area contributed by atoms with Crippen LogP contribution < -0.4 is 5.32 Å². The highest BCUT2D eigenvalue weighted by Gasteiger charge is 2.14. The summed E-state index contributed by atoms with van der Waals surface area (Å²) in [5.74, 6) is -0.0380. The van der Waals surface area contributed by atoms with Crippen molar-refractivity contribution >= 4 is 19.7 Å². The Morgan fingerprint density at radius 2 is 1.62 bits per heavy atom. The van der Waals surface area contributed by atoms with Crippen molar-refractivity contribution in [2.75, 3.05) is 30.3 Å². The van der Waals surface area contributed by atoms with Gasteiger partial charge in [0.15, 0.2) is 19.7 Å². The van der Waals surface area contributed by atoms with Crippen LogP contribution in [0.25, 0.3) is 0 Å². The standard InChI is InChI=1S/C13H18N2O4S2/c1-2-20(16,17)9-7-15-8-10-21(18,19)13-5-3-12(11-14)4-6-13/h3-6,15H,2,7-10H2,1H3. The van der Waals surface area contributed by atoms with Crippen LogP contribution in [-0.4, -0.2) is 47.2 Å². The molecule has 0 atom stereocenters.